The maximum atomic E-state index is 12.7. The van der Waals surface area contributed by atoms with Crippen molar-refractivity contribution in [2.24, 2.45) is 12.8 Å². The highest BCUT2D eigenvalue weighted by Gasteiger charge is 2.33. The minimum Gasteiger partial charge on any atom is -0.365 e. The molecular weight excluding hydrogens is 287 g/mol. The van der Waals surface area contributed by atoms with Crippen molar-refractivity contribution in [1.29, 1.82) is 0 Å². The first-order valence-electron chi connectivity index (χ1n) is 5.87. The van der Waals surface area contributed by atoms with Crippen molar-refractivity contribution in [2.45, 2.75) is 12.7 Å². The van der Waals surface area contributed by atoms with Crippen LogP contribution in [-0.2, 0) is 19.8 Å². The van der Waals surface area contributed by atoms with Crippen molar-refractivity contribution < 1.29 is 18.0 Å². The van der Waals surface area contributed by atoms with Crippen LogP contribution in [0.1, 0.15) is 21.9 Å². The first-order chi connectivity index (χ1) is 9.79. The molecule has 0 fully saturated rings. The first-order valence-corrected chi connectivity index (χ1v) is 5.87. The molecule has 0 bridgehead atoms. The van der Waals surface area contributed by atoms with Gasteiger partial charge in [0.15, 0.2) is 0 Å². The van der Waals surface area contributed by atoms with E-state index in [0.717, 1.165) is 6.07 Å². The number of halogens is 3. The van der Waals surface area contributed by atoms with Gasteiger partial charge in [0.1, 0.15) is 17.3 Å². The molecule has 1 amide bonds. The predicted octanol–water partition coefficient (Wildman–Crippen LogP) is 1.54. The summed E-state index contributed by atoms with van der Waals surface area (Å²) in [7, 11) is 1.73. The van der Waals surface area contributed by atoms with Crippen LogP contribution in [0.4, 0.5) is 19.0 Å². The molecule has 0 aliphatic heterocycles. The van der Waals surface area contributed by atoms with Gasteiger partial charge in [0.05, 0.1) is 12.1 Å². The van der Waals surface area contributed by atoms with E-state index in [4.69, 9.17) is 5.73 Å². The lowest BCUT2D eigenvalue weighted by molar-refractivity contribution is -0.141. The van der Waals surface area contributed by atoms with Crippen LogP contribution in [0.2, 0.25) is 0 Å². The van der Waals surface area contributed by atoms with Gasteiger partial charge in [-0.1, -0.05) is 0 Å². The third-order valence-electron chi connectivity index (χ3n) is 2.79. The molecule has 112 valence electrons. The van der Waals surface area contributed by atoms with Gasteiger partial charge in [0.2, 0.25) is 0 Å². The molecule has 2 aromatic heterocycles. The summed E-state index contributed by atoms with van der Waals surface area (Å²) in [6.07, 6.45) is -1.37. The highest BCUT2D eigenvalue weighted by atomic mass is 19.4. The van der Waals surface area contributed by atoms with Crippen LogP contribution in [0.5, 0.6) is 0 Å². The van der Waals surface area contributed by atoms with Gasteiger partial charge in [-0.3, -0.25) is 4.79 Å². The molecule has 0 aliphatic carbocycles. The molecule has 0 radical (unpaired) electrons. The fourth-order valence-electron chi connectivity index (χ4n) is 1.68. The zero-order chi connectivity index (χ0) is 15.6. The van der Waals surface area contributed by atoms with Crippen molar-refractivity contribution in [3.8, 4) is 0 Å². The van der Waals surface area contributed by atoms with E-state index >= 15 is 0 Å². The number of primary amides is 1. The van der Waals surface area contributed by atoms with Crippen LogP contribution >= 0.6 is 0 Å². The Morgan fingerprint density at radius 1 is 1.43 bits per heavy atom. The fourth-order valence-corrected chi connectivity index (χ4v) is 1.68. The van der Waals surface area contributed by atoms with Crippen LogP contribution in [0.15, 0.2) is 24.5 Å². The number of aryl methyl sites for hydroxylation is 1. The van der Waals surface area contributed by atoms with Crippen LogP contribution in [0, 0.1) is 0 Å². The molecule has 0 spiro atoms. The Balaban J connectivity index is 2.31. The van der Waals surface area contributed by atoms with E-state index < -0.39 is 17.8 Å². The van der Waals surface area contributed by atoms with Crippen LogP contribution in [0.25, 0.3) is 0 Å². The number of nitrogens with one attached hydrogen (secondary N) is 1. The quantitative estimate of drug-likeness (QED) is 0.896. The number of pyridine rings is 1. The molecule has 21 heavy (non-hydrogen) atoms. The standard InChI is InChI=1S/C12H12F3N5O/c1-20-5-4-17-9(20)6-18-11-7(10(16)21)2-3-8(19-11)12(13,14)15/h2-5H,6H2,1H3,(H2,16,21)(H,18,19). The summed E-state index contributed by atoms with van der Waals surface area (Å²) in [4.78, 5) is 18.7. The molecule has 2 rings (SSSR count). The highest BCUT2D eigenvalue weighted by molar-refractivity contribution is 5.97. The van der Waals surface area contributed by atoms with E-state index in [1.54, 1.807) is 24.0 Å². The average molecular weight is 299 g/mol. The molecule has 6 nitrogen and oxygen atoms in total. The van der Waals surface area contributed by atoms with Crippen molar-refractivity contribution >= 4 is 11.7 Å². The van der Waals surface area contributed by atoms with Gasteiger partial charge >= 0.3 is 6.18 Å². The Labute approximate surface area is 117 Å². The Hall–Kier alpha value is -2.58. The minimum absolute atomic E-state index is 0.109. The Morgan fingerprint density at radius 3 is 2.67 bits per heavy atom. The predicted molar refractivity (Wildman–Crippen MR) is 68.3 cm³/mol. The maximum Gasteiger partial charge on any atom is 0.433 e. The number of rotatable bonds is 4. The molecular formula is C12H12F3N5O. The second-order valence-electron chi connectivity index (χ2n) is 4.26. The number of nitrogens with zero attached hydrogens (tertiary/aromatic N) is 3. The van der Waals surface area contributed by atoms with Crippen LogP contribution in [-0.4, -0.2) is 20.4 Å². The van der Waals surface area contributed by atoms with Gasteiger partial charge in [-0.2, -0.15) is 13.2 Å². The minimum atomic E-state index is -4.60. The van der Waals surface area contributed by atoms with E-state index in [0.29, 0.717) is 11.9 Å². The molecule has 0 atom stereocenters. The van der Waals surface area contributed by atoms with E-state index in [1.165, 1.54) is 0 Å². The van der Waals surface area contributed by atoms with Gasteiger partial charge in [-0.05, 0) is 12.1 Å². The maximum absolute atomic E-state index is 12.7. The number of anilines is 1. The number of carbonyl (C=O) groups excluding carboxylic acids is 1. The van der Waals surface area contributed by atoms with E-state index in [1.807, 2.05) is 0 Å². The SMILES string of the molecule is Cn1ccnc1CNc1nc(C(F)(F)F)ccc1C(N)=O. The van der Waals surface area contributed by atoms with Crippen molar-refractivity contribution in [3.05, 3.63) is 41.6 Å². The second kappa shape index (κ2) is 5.43. The first kappa shape index (κ1) is 14.8. The molecule has 0 aromatic carbocycles. The lowest BCUT2D eigenvalue weighted by Crippen LogP contribution is -2.19. The number of imidazole rings is 1. The number of nitrogens with two attached hydrogens (primary N) is 1. The smallest absolute Gasteiger partial charge is 0.365 e. The van der Waals surface area contributed by atoms with Crippen molar-refractivity contribution in [2.75, 3.05) is 5.32 Å². The molecule has 0 unspecified atom stereocenters. The topological polar surface area (TPSA) is 85.8 Å². The molecule has 2 aromatic rings. The summed E-state index contributed by atoms with van der Waals surface area (Å²) in [6, 6.07) is 1.71. The summed E-state index contributed by atoms with van der Waals surface area (Å²) in [5.74, 6) is -0.511. The molecule has 2 heterocycles. The zero-order valence-electron chi connectivity index (χ0n) is 11.0. The van der Waals surface area contributed by atoms with Crippen LogP contribution < -0.4 is 11.1 Å². The fraction of sp³-hybridized carbons (Fsp3) is 0.250. The van der Waals surface area contributed by atoms with Gasteiger partial charge in [-0.15, -0.1) is 0 Å². The molecule has 0 aliphatic rings. The Kier molecular flexibility index (Phi) is 3.83. The third kappa shape index (κ3) is 3.30. The number of hydrogen-bond acceptors (Lipinski definition) is 4. The van der Waals surface area contributed by atoms with Gasteiger partial charge in [-0.25, -0.2) is 9.97 Å². The lowest BCUT2D eigenvalue weighted by atomic mass is 10.2. The van der Waals surface area contributed by atoms with Gasteiger partial charge in [0.25, 0.3) is 5.91 Å². The largest absolute Gasteiger partial charge is 0.433 e. The summed E-state index contributed by atoms with van der Waals surface area (Å²) in [5, 5.41) is 2.66. The van der Waals surface area contributed by atoms with E-state index in [2.05, 4.69) is 15.3 Å². The normalized spacial score (nSPS) is 11.4. The monoisotopic (exact) mass is 299 g/mol. The van der Waals surface area contributed by atoms with E-state index in [-0.39, 0.29) is 17.9 Å². The van der Waals surface area contributed by atoms with E-state index in [9.17, 15) is 18.0 Å². The second-order valence-corrected chi connectivity index (χ2v) is 4.26. The summed E-state index contributed by atoms with van der Waals surface area (Å²) in [5.41, 5.74) is 3.92. The third-order valence-corrected chi connectivity index (χ3v) is 2.79. The zero-order valence-corrected chi connectivity index (χ0v) is 11.0. The van der Waals surface area contributed by atoms with Crippen molar-refractivity contribution in [3.63, 3.8) is 0 Å². The van der Waals surface area contributed by atoms with Gasteiger partial charge < -0.3 is 15.6 Å². The summed E-state index contributed by atoms with van der Waals surface area (Å²) >= 11 is 0. The van der Waals surface area contributed by atoms with Gasteiger partial charge in [0, 0.05) is 19.4 Å². The Morgan fingerprint density at radius 2 is 2.14 bits per heavy atom. The summed E-state index contributed by atoms with van der Waals surface area (Å²) in [6.45, 7) is 0.109. The molecule has 3 N–H and O–H groups in total. The summed E-state index contributed by atoms with van der Waals surface area (Å²) < 4.78 is 39.7. The highest BCUT2D eigenvalue weighted by Crippen LogP contribution is 2.29. The average Bonchev–Trinajstić information content (AvgIpc) is 2.80. The van der Waals surface area contributed by atoms with Crippen LogP contribution in [0.3, 0.4) is 0 Å². The lowest BCUT2D eigenvalue weighted by Gasteiger charge is -2.12. The Bertz CT molecular complexity index is 665. The number of aromatic nitrogens is 3. The number of carbonyl (C=O) groups is 1. The number of hydrogen-bond donors (Lipinski definition) is 2. The molecule has 0 saturated carbocycles. The molecule has 0 saturated heterocycles. The number of alkyl halides is 3. The molecule has 9 heteroatoms. The number of amides is 1. The van der Waals surface area contributed by atoms with Crippen molar-refractivity contribution in [1.82, 2.24) is 14.5 Å².